The quantitative estimate of drug-likeness (QED) is 0.733. The number of amides is 2. The van der Waals surface area contributed by atoms with Gasteiger partial charge in [0, 0.05) is 36.3 Å². The number of furan rings is 1. The smallest absolute Gasteiger partial charge is 0.287 e. The maximum absolute atomic E-state index is 12.6. The lowest BCUT2D eigenvalue weighted by Gasteiger charge is -2.13. The van der Waals surface area contributed by atoms with Crippen LogP contribution in [-0.4, -0.2) is 37.3 Å². The van der Waals surface area contributed by atoms with Crippen LogP contribution in [0.2, 0.25) is 0 Å². The number of hydrogen-bond acceptors (Lipinski definition) is 5. The van der Waals surface area contributed by atoms with Crippen LogP contribution in [0.4, 0.5) is 0 Å². The zero-order valence-corrected chi connectivity index (χ0v) is 17.3. The molecule has 1 aromatic carbocycles. The number of nitrogens with one attached hydrogen (secondary N) is 2. The van der Waals surface area contributed by atoms with Gasteiger partial charge in [-0.3, -0.25) is 9.59 Å². The summed E-state index contributed by atoms with van der Waals surface area (Å²) in [6.45, 7) is 6.07. The molecule has 7 nitrogen and oxygen atoms in total. The minimum absolute atomic E-state index is 0.129. The topological polar surface area (TPSA) is 92.9 Å². The van der Waals surface area contributed by atoms with Gasteiger partial charge in [0.05, 0.1) is 12.3 Å². The van der Waals surface area contributed by atoms with Gasteiger partial charge in [0.1, 0.15) is 5.76 Å². The Morgan fingerprint density at radius 2 is 2.03 bits per heavy atom. The molecule has 1 atom stereocenters. The van der Waals surface area contributed by atoms with E-state index >= 15 is 0 Å². The first kappa shape index (κ1) is 20.8. The third kappa shape index (κ3) is 4.74. The van der Waals surface area contributed by atoms with E-state index in [4.69, 9.17) is 9.15 Å². The van der Waals surface area contributed by atoms with Crippen LogP contribution in [0.1, 0.15) is 63.1 Å². The number of carbonyl (C=O) groups excluding carboxylic acids is 2. The molecule has 1 aromatic heterocycles. The molecule has 1 aliphatic rings. The number of nitrogens with zero attached hydrogens (tertiary/aromatic N) is 1. The van der Waals surface area contributed by atoms with Crippen molar-refractivity contribution >= 4 is 17.5 Å². The van der Waals surface area contributed by atoms with Crippen molar-refractivity contribution in [1.29, 1.82) is 0 Å². The Balaban J connectivity index is 1.81. The number of benzene rings is 1. The zero-order valence-electron chi connectivity index (χ0n) is 17.3. The van der Waals surface area contributed by atoms with Crippen LogP contribution in [0.25, 0.3) is 0 Å². The number of carbonyl (C=O) groups is 2. The van der Waals surface area contributed by atoms with Gasteiger partial charge in [-0.1, -0.05) is 17.7 Å². The van der Waals surface area contributed by atoms with Gasteiger partial charge in [0.15, 0.2) is 5.76 Å². The average Bonchev–Trinajstić information content (AvgIpc) is 3.03. The summed E-state index contributed by atoms with van der Waals surface area (Å²) in [5, 5.41) is 7.23. The number of methoxy groups -OCH3 is 1. The van der Waals surface area contributed by atoms with E-state index in [2.05, 4.69) is 15.8 Å². The van der Waals surface area contributed by atoms with E-state index in [0.29, 0.717) is 18.6 Å². The van der Waals surface area contributed by atoms with Gasteiger partial charge in [0.25, 0.3) is 11.8 Å². The minimum atomic E-state index is -0.274. The molecular weight excluding hydrogens is 370 g/mol. The average molecular weight is 397 g/mol. The Hall–Kier alpha value is -2.93. The lowest BCUT2D eigenvalue weighted by atomic mass is 9.93. The summed E-state index contributed by atoms with van der Waals surface area (Å²) >= 11 is 0. The summed E-state index contributed by atoms with van der Waals surface area (Å²) in [4.78, 5) is 25.0. The summed E-state index contributed by atoms with van der Waals surface area (Å²) < 4.78 is 10.9. The fraction of sp³-hybridized carbons (Fsp3) is 0.409. The van der Waals surface area contributed by atoms with E-state index in [9.17, 15) is 9.59 Å². The third-order valence-electron chi connectivity index (χ3n) is 4.90. The fourth-order valence-electron chi connectivity index (χ4n) is 3.55. The minimum Gasteiger partial charge on any atom is -0.455 e. The van der Waals surface area contributed by atoms with Gasteiger partial charge in [-0.15, -0.1) is 0 Å². The van der Waals surface area contributed by atoms with Gasteiger partial charge >= 0.3 is 0 Å². The Morgan fingerprint density at radius 1 is 1.24 bits per heavy atom. The molecule has 2 aromatic rings. The van der Waals surface area contributed by atoms with E-state index in [-0.39, 0.29) is 23.6 Å². The standard InChI is InChI=1S/C22H27N3O4/c1-13-7-5-8-16(11-13)21(26)25-24-17-9-6-10-18-19(17)15(3)20(29-18)22(27)23-14(2)12-28-4/h5,7-8,11,14H,6,9-10,12H2,1-4H3,(H,23,27)(H,25,26)/b24-17+. The number of ether oxygens (including phenoxy) is 1. The van der Waals surface area contributed by atoms with E-state index in [1.54, 1.807) is 13.2 Å². The molecule has 154 valence electrons. The summed E-state index contributed by atoms with van der Waals surface area (Å²) in [6, 6.07) is 7.21. The van der Waals surface area contributed by atoms with Crippen molar-refractivity contribution in [1.82, 2.24) is 10.7 Å². The highest BCUT2D eigenvalue weighted by molar-refractivity contribution is 6.07. The van der Waals surface area contributed by atoms with E-state index < -0.39 is 0 Å². The SMILES string of the molecule is COCC(C)NC(=O)c1oc2c(c1C)/C(=N/NC(=O)c1cccc(C)c1)CCC2. The molecule has 0 bridgehead atoms. The number of fused-ring (bicyclic) bond motifs is 1. The molecule has 2 N–H and O–H groups in total. The predicted molar refractivity (Wildman–Crippen MR) is 110 cm³/mol. The highest BCUT2D eigenvalue weighted by Gasteiger charge is 2.28. The number of rotatable bonds is 6. The molecule has 0 saturated heterocycles. The third-order valence-corrected chi connectivity index (χ3v) is 4.90. The van der Waals surface area contributed by atoms with Crippen LogP contribution in [0, 0.1) is 13.8 Å². The second-order valence-electron chi connectivity index (χ2n) is 7.41. The van der Waals surface area contributed by atoms with Crippen molar-refractivity contribution in [3.8, 4) is 0 Å². The first-order valence-electron chi connectivity index (χ1n) is 9.76. The zero-order chi connectivity index (χ0) is 21.0. The van der Waals surface area contributed by atoms with Crippen molar-refractivity contribution in [2.75, 3.05) is 13.7 Å². The lowest BCUT2D eigenvalue weighted by Crippen LogP contribution is -2.35. The van der Waals surface area contributed by atoms with Crippen LogP contribution in [-0.2, 0) is 11.2 Å². The van der Waals surface area contributed by atoms with E-state index in [1.807, 2.05) is 39.0 Å². The lowest BCUT2D eigenvalue weighted by molar-refractivity contribution is 0.0874. The Morgan fingerprint density at radius 3 is 2.76 bits per heavy atom. The largest absolute Gasteiger partial charge is 0.455 e. The highest BCUT2D eigenvalue weighted by Crippen LogP contribution is 2.30. The number of hydrogen-bond donors (Lipinski definition) is 2. The Labute approximate surface area is 170 Å². The maximum Gasteiger partial charge on any atom is 0.287 e. The van der Waals surface area contributed by atoms with Crippen molar-refractivity contribution < 1.29 is 18.7 Å². The van der Waals surface area contributed by atoms with Crippen LogP contribution in [0.3, 0.4) is 0 Å². The highest BCUT2D eigenvalue weighted by atomic mass is 16.5. The van der Waals surface area contributed by atoms with E-state index in [0.717, 1.165) is 41.0 Å². The Kier molecular flexibility index (Phi) is 6.49. The molecule has 1 heterocycles. The molecule has 7 heteroatoms. The molecular formula is C22H27N3O4. The van der Waals surface area contributed by atoms with Gasteiger partial charge < -0.3 is 14.5 Å². The summed E-state index contributed by atoms with van der Waals surface area (Å²) in [5.74, 6) is 0.491. The summed E-state index contributed by atoms with van der Waals surface area (Å²) in [5.41, 5.74) is 6.51. The Bertz CT molecular complexity index is 946. The molecule has 3 rings (SSSR count). The molecule has 0 radical (unpaired) electrons. The second-order valence-corrected chi connectivity index (χ2v) is 7.41. The summed E-state index contributed by atoms with van der Waals surface area (Å²) in [7, 11) is 1.59. The molecule has 0 aliphatic heterocycles. The molecule has 1 aliphatic carbocycles. The molecule has 0 fully saturated rings. The van der Waals surface area contributed by atoms with Gasteiger partial charge in [-0.2, -0.15) is 5.10 Å². The number of aryl methyl sites for hydroxylation is 2. The maximum atomic E-state index is 12.6. The second kappa shape index (κ2) is 9.05. The first-order chi connectivity index (χ1) is 13.9. The molecule has 1 unspecified atom stereocenters. The first-order valence-corrected chi connectivity index (χ1v) is 9.76. The fourth-order valence-corrected chi connectivity index (χ4v) is 3.55. The molecule has 2 amide bonds. The molecule has 29 heavy (non-hydrogen) atoms. The van der Waals surface area contributed by atoms with Crippen molar-refractivity contribution in [2.24, 2.45) is 5.10 Å². The van der Waals surface area contributed by atoms with Crippen LogP contribution in [0.15, 0.2) is 33.8 Å². The van der Waals surface area contributed by atoms with Crippen LogP contribution >= 0.6 is 0 Å². The van der Waals surface area contributed by atoms with Gasteiger partial charge in [-0.25, -0.2) is 5.43 Å². The van der Waals surface area contributed by atoms with Crippen molar-refractivity contribution in [2.45, 2.75) is 46.1 Å². The van der Waals surface area contributed by atoms with Crippen LogP contribution < -0.4 is 10.7 Å². The molecule has 0 spiro atoms. The van der Waals surface area contributed by atoms with Crippen molar-refractivity contribution in [3.05, 3.63) is 58.0 Å². The predicted octanol–water partition coefficient (Wildman–Crippen LogP) is 3.13. The van der Waals surface area contributed by atoms with Crippen LogP contribution in [0.5, 0.6) is 0 Å². The normalized spacial score (nSPS) is 15.7. The summed E-state index contributed by atoms with van der Waals surface area (Å²) in [6.07, 6.45) is 2.30. The monoisotopic (exact) mass is 397 g/mol. The van der Waals surface area contributed by atoms with Gasteiger partial charge in [-0.05, 0) is 45.7 Å². The number of hydrazone groups is 1. The van der Waals surface area contributed by atoms with Gasteiger partial charge in [0.2, 0.25) is 0 Å². The van der Waals surface area contributed by atoms with Crippen molar-refractivity contribution in [3.63, 3.8) is 0 Å². The van der Waals surface area contributed by atoms with E-state index in [1.165, 1.54) is 0 Å². The molecule has 0 saturated carbocycles.